The van der Waals surface area contributed by atoms with E-state index in [0.717, 1.165) is 5.75 Å². The molecule has 2 nitrogen and oxygen atoms in total. The molecule has 1 rings (SSSR count). The highest BCUT2D eigenvalue weighted by Gasteiger charge is 2.02. The molecule has 1 aromatic rings. The molecule has 0 aromatic heterocycles. The molecule has 2 heteroatoms. The lowest BCUT2D eigenvalue weighted by Gasteiger charge is -2.10. The second-order valence-corrected chi connectivity index (χ2v) is 3.72. The van der Waals surface area contributed by atoms with Crippen molar-refractivity contribution in [1.29, 1.82) is 0 Å². The van der Waals surface area contributed by atoms with E-state index >= 15 is 0 Å². The lowest BCUT2D eigenvalue weighted by Crippen LogP contribution is -1.99. The fraction of sp³-hybridized carbons (Fsp3) is 0.385. The van der Waals surface area contributed by atoms with Crippen LogP contribution in [0.1, 0.15) is 16.7 Å². The van der Waals surface area contributed by atoms with E-state index in [1.165, 1.54) is 16.7 Å². The van der Waals surface area contributed by atoms with Crippen molar-refractivity contribution < 1.29 is 4.74 Å². The highest BCUT2D eigenvalue weighted by Crippen LogP contribution is 2.23. The number of nitrogens with two attached hydrogens (primary N) is 1. The van der Waals surface area contributed by atoms with Crippen molar-refractivity contribution in [3.63, 3.8) is 0 Å². The minimum Gasteiger partial charge on any atom is -0.489 e. The molecular weight excluding hydrogens is 186 g/mol. The molecule has 0 aliphatic carbocycles. The van der Waals surface area contributed by atoms with E-state index < -0.39 is 0 Å². The zero-order valence-electron chi connectivity index (χ0n) is 9.71. The van der Waals surface area contributed by atoms with Crippen LogP contribution >= 0.6 is 0 Å². The number of aryl methyl sites for hydroxylation is 2. The number of hydrogen-bond acceptors (Lipinski definition) is 2. The van der Waals surface area contributed by atoms with Gasteiger partial charge < -0.3 is 10.5 Å². The van der Waals surface area contributed by atoms with Gasteiger partial charge in [-0.15, -0.1) is 0 Å². The first-order valence-electron chi connectivity index (χ1n) is 5.21. The summed E-state index contributed by atoms with van der Waals surface area (Å²) in [5, 5.41) is 0. The Balaban J connectivity index is 2.72. The van der Waals surface area contributed by atoms with E-state index in [0.29, 0.717) is 13.2 Å². The standard InChI is InChI=1S/C13H19NO/c1-10-8-11(2)12(3)13(9-10)15-7-5-4-6-14/h4-5,8-9H,6-7,14H2,1-3H3. The molecule has 0 aliphatic heterocycles. The largest absolute Gasteiger partial charge is 0.489 e. The molecule has 2 N–H and O–H groups in total. The van der Waals surface area contributed by atoms with Crippen LogP contribution in [0, 0.1) is 20.8 Å². The first-order chi connectivity index (χ1) is 7.15. The third kappa shape index (κ3) is 3.40. The van der Waals surface area contributed by atoms with Gasteiger partial charge in [0.25, 0.3) is 0 Å². The fourth-order valence-electron chi connectivity index (χ4n) is 1.45. The average molecular weight is 205 g/mol. The Morgan fingerprint density at radius 2 is 1.93 bits per heavy atom. The zero-order chi connectivity index (χ0) is 11.3. The van der Waals surface area contributed by atoms with E-state index in [-0.39, 0.29) is 0 Å². The molecule has 0 amide bonds. The highest BCUT2D eigenvalue weighted by atomic mass is 16.5. The van der Waals surface area contributed by atoms with Gasteiger partial charge in [-0.2, -0.15) is 0 Å². The Kier molecular flexibility index (Phi) is 4.37. The number of hydrogen-bond donors (Lipinski definition) is 1. The smallest absolute Gasteiger partial charge is 0.123 e. The minimum absolute atomic E-state index is 0.565. The van der Waals surface area contributed by atoms with Crippen LogP contribution in [0.25, 0.3) is 0 Å². The van der Waals surface area contributed by atoms with Crippen molar-refractivity contribution in [2.24, 2.45) is 5.73 Å². The Hall–Kier alpha value is -1.28. The molecule has 0 bridgehead atoms. The molecule has 0 atom stereocenters. The first kappa shape index (κ1) is 11.8. The van der Waals surface area contributed by atoms with Crippen molar-refractivity contribution in [3.8, 4) is 5.75 Å². The molecule has 1 aromatic carbocycles. The minimum atomic E-state index is 0.565. The second kappa shape index (κ2) is 5.56. The first-order valence-corrected chi connectivity index (χ1v) is 5.21. The SMILES string of the molecule is Cc1cc(C)c(C)c(OCC=CCN)c1. The summed E-state index contributed by atoms with van der Waals surface area (Å²) in [6, 6.07) is 4.23. The number of benzene rings is 1. The van der Waals surface area contributed by atoms with Crippen LogP contribution in [-0.4, -0.2) is 13.2 Å². The van der Waals surface area contributed by atoms with E-state index in [2.05, 4.69) is 32.9 Å². The van der Waals surface area contributed by atoms with Gasteiger partial charge in [0.05, 0.1) is 0 Å². The predicted molar refractivity (Wildman–Crippen MR) is 64.3 cm³/mol. The molecule has 0 saturated carbocycles. The van der Waals surface area contributed by atoms with Crippen LogP contribution in [0.4, 0.5) is 0 Å². The van der Waals surface area contributed by atoms with Gasteiger partial charge in [0.2, 0.25) is 0 Å². The average Bonchev–Trinajstić information content (AvgIpc) is 2.19. The van der Waals surface area contributed by atoms with Gasteiger partial charge >= 0.3 is 0 Å². The van der Waals surface area contributed by atoms with Gasteiger partial charge in [0.1, 0.15) is 12.4 Å². The van der Waals surface area contributed by atoms with Crippen LogP contribution < -0.4 is 10.5 Å². The molecule has 0 heterocycles. The summed E-state index contributed by atoms with van der Waals surface area (Å²) in [5.74, 6) is 0.967. The van der Waals surface area contributed by atoms with Gasteiger partial charge in [-0.05, 0) is 43.5 Å². The molecular formula is C13H19NO. The summed E-state index contributed by atoms with van der Waals surface area (Å²) >= 11 is 0. The van der Waals surface area contributed by atoms with Crippen molar-refractivity contribution in [2.45, 2.75) is 20.8 Å². The second-order valence-electron chi connectivity index (χ2n) is 3.72. The van der Waals surface area contributed by atoms with Crippen molar-refractivity contribution >= 4 is 0 Å². The van der Waals surface area contributed by atoms with Crippen molar-refractivity contribution in [2.75, 3.05) is 13.2 Å². The normalized spacial score (nSPS) is 10.9. The number of ether oxygens (including phenoxy) is 1. The van der Waals surface area contributed by atoms with Crippen LogP contribution in [0.15, 0.2) is 24.3 Å². The monoisotopic (exact) mass is 205 g/mol. The third-order valence-corrected chi connectivity index (χ3v) is 2.40. The van der Waals surface area contributed by atoms with Crippen LogP contribution in [-0.2, 0) is 0 Å². The Bertz CT molecular complexity index is 356. The quantitative estimate of drug-likeness (QED) is 0.766. The van der Waals surface area contributed by atoms with Crippen molar-refractivity contribution in [1.82, 2.24) is 0 Å². The van der Waals surface area contributed by atoms with Crippen molar-refractivity contribution in [3.05, 3.63) is 41.0 Å². The Labute approximate surface area is 91.7 Å². The molecule has 0 aliphatic rings. The Morgan fingerprint density at radius 3 is 2.60 bits per heavy atom. The molecule has 15 heavy (non-hydrogen) atoms. The Morgan fingerprint density at radius 1 is 1.20 bits per heavy atom. The zero-order valence-corrected chi connectivity index (χ0v) is 9.71. The summed E-state index contributed by atoms with van der Waals surface area (Å²) < 4.78 is 5.66. The summed E-state index contributed by atoms with van der Waals surface area (Å²) in [5.41, 5.74) is 9.06. The van der Waals surface area contributed by atoms with E-state index in [9.17, 15) is 0 Å². The molecule has 0 saturated heterocycles. The lowest BCUT2D eigenvalue weighted by atomic mass is 10.1. The number of rotatable bonds is 4. The maximum atomic E-state index is 5.66. The highest BCUT2D eigenvalue weighted by molar-refractivity contribution is 5.41. The third-order valence-electron chi connectivity index (χ3n) is 2.40. The van der Waals surface area contributed by atoms with Crippen LogP contribution in [0.2, 0.25) is 0 Å². The predicted octanol–water partition coefficient (Wildman–Crippen LogP) is 2.51. The molecule has 82 valence electrons. The van der Waals surface area contributed by atoms with E-state index in [1.807, 2.05) is 12.2 Å². The van der Waals surface area contributed by atoms with Gasteiger partial charge in [0, 0.05) is 6.54 Å². The summed E-state index contributed by atoms with van der Waals surface area (Å²) in [6.45, 7) is 7.41. The van der Waals surface area contributed by atoms with E-state index in [1.54, 1.807) is 0 Å². The van der Waals surface area contributed by atoms with Gasteiger partial charge in [-0.1, -0.05) is 18.2 Å². The van der Waals surface area contributed by atoms with Crippen LogP contribution in [0.5, 0.6) is 5.75 Å². The van der Waals surface area contributed by atoms with Crippen LogP contribution in [0.3, 0.4) is 0 Å². The summed E-state index contributed by atoms with van der Waals surface area (Å²) in [6.07, 6.45) is 3.84. The summed E-state index contributed by atoms with van der Waals surface area (Å²) in [7, 11) is 0. The fourth-order valence-corrected chi connectivity index (χ4v) is 1.45. The van der Waals surface area contributed by atoms with Gasteiger partial charge in [0.15, 0.2) is 0 Å². The lowest BCUT2D eigenvalue weighted by molar-refractivity contribution is 0.359. The molecule has 0 radical (unpaired) electrons. The van der Waals surface area contributed by atoms with E-state index in [4.69, 9.17) is 10.5 Å². The topological polar surface area (TPSA) is 35.2 Å². The summed E-state index contributed by atoms with van der Waals surface area (Å²) in [4.78, 5) is 0. The maximum Gasteiger partial charge on any atom is 0.123 e. The molecule has 0 spiro atoms. The molecule has 0 fully saturated rings. The molecule has 0 unspecified atom stereocenters. The van der Waals surface area contributed by atoms with Gasteiger partial charge in [-0.25, -0.2) is 0 Å². The van der Waals surface area contributed by atoms with Gasteiger partial charge in [-0.3, -0.25) is 0 Å². The maximum absolute atomic E-state index is 5.66.